The number of methoxy groups -OCH3 is 1. The molecule has 1 saturated heterocycles. The number of aromatic nitrogens is 1. The lowest BCUT2D eigenvalue weighted by atomic mass is 10.2. The average molecular weight is 422 g/mol. The van der Waals surface area contributed by atoms with E-state index >= 15 is 0 Å². The Morgan fingerprint density at radius 2 is 2.24 bits per heavy atom. The molecule has 29 heavy (non-hydrogen) atoms. The summed E-state index contributed by atoms with van der Waals surface area (Å²) < 4.78 is 23.8. The molecule has 0 saturated carbocycles. The van der Waals surface area contributed by atoms with Crippen molar-refractivity contribution in [3.05, 3.63) is 46.7 Å². The summed E-state index contributed by atoms with van der Waals surface area (Å²) in [5.41, 5.74) is 1.32. The number of carbonyl (C=O) groups excluding carboxylic acids is 2. The van der Waals surface area contributed by atoms with Crippen LogP contribution in [0.15, 0.2) is 29.6 Å². The number of carbonyl (C=O) groups is 2. The average Bonchev–Trinajstić information content (AvgIpc) is 3.35. The van der Waals surface area contributed by atoms with Crippen LogP contribution in [0.5, 0.6) is 0 Å². The first-order chi connectivity index (χ1) is 13.9. The number of ether oxygens (including phenoxy) is 2. The predicted octanol–water partition coefficient (Wildman–Crippen LogP) is 2.71. The van der Waals surface area contributed by atoms with Crippen LogP contribution in [-0.4, -0.2) is 48.4 Å². The monoisotopic (exact) mass is 422 g/mol. The van der Waals surface area contributed by atoms with Crippen molar-refractivity contribution >= 4 is 28.4 Å². The standard InChI is InChI=1S/C19H23FN4O4S/c1-24(17(25)15-6-7-16(27-2)28-15)10-14-11-29-19(22-14)23-18(26)21-9-12-4-3-5-13(20)8-12/h3-5,8,11,15-16H,6-7,9-10H2,1-2H3,(H2,21,22,23,26). The maximum atomic E-state index is 13.2. The fourth-order valence-electron chi connectivity index (χ4n) is 2.94. The first-order valence-electron chi connectivity index (χ1n) is 9.11. The SMILES string of the molecule is COC1CCC(C(=O)N(C)Cc2csc(NC(=O)NCc3cccc(F)c3)n2)O1. The van der Waals surface area contributed by atoms with Gasteiger partial charge in [-0.05, 0) is 24.1 Å². The Hall–Kier alpha value is -2.56. The second-order valence-electron chi connectivity index (χ2n) is 6.64. The molecule has 10 heteroatoms. The second kappa shape index (κ2) is 9.77. The lowest BCUT2D eigenvalue weighted by Crippen LogP contribution is -2.36. The van der Waals surface area contributed by atoms with Crippen molar-refractivity contribution in [1.82, 2.24) is 15.2 Å². The van der Waals surface area contributed by atoms with Crippen LogP contribution in [0.1, 0.15) is 24.1 Å². The van der Waals surface area contributed by atoms with E-state index in [-0.39, 0.29) is 24.6 Å². The van der Waals surface area contributed by atoms with Crippen LogP contribution in [0.2, 0.25) is 0 Å². The molecule has 2 aromatic rings. The third-order valence-corrected chi connectivity index (χ3v) is 5.22. The Balaban J connectivity index is 1.46. The van der Waals surface area contributed by atoms with Crippen LogP contribution in [0.4, 0.5) is 14.3 Å². The largest absolute Gasteiger partial charge is 0.356 e. The molecule has 1 aromatic heterocycles. The quantitative estimate of drug-likeness (QED) is 0.716. The van der Waals surface area contributed by atoms with Crippen LogP contribution < -0.4 is 10.6 Å². The zero-order valence-corrected chi connectivity index (χ0v) is 17.0. The Labute approximate surface area is 172 Å². The number of rotatable bonds is 7. The number of hydrogen-bond acceptors (Lipinski definition) is 6. The van der Waals surface area contributed by atoms with E-state index in [9.17, 15) is 14.0 Å². The van der Waals surface area contributed by atoms with E-state index in [0.29, 0.717) is 35.8 Å². The number of halogens is 1. The molecule has 2 atom stereocenters. The van der Waals surface area contributed by atoms with Gasteiger partial charge in [-0.25, -0.2) is 14.2 Å². The van der Waals surface area contributed by atoms with E-state index in [1.54, 1.807) is 36.6 Å². The Morgan fingerprint density at radius 3 is 2.97 bits per heavy atom. The molecule has 3 rings (SSSR count). The smallest absolute Gasteiger partial charge is 0.321 e. The molecule has 0 spiro atoms. The first kappa shape index (κ1) is 21.2. The zero-order valence-electron chi connectivity index (χ0n) is 16.2. The van der Waals surface area contributed by atoms with Gasteiger partial charge in [-0.15, -0.1) is 11.3 Å². The Morgan fingerprint density at radius 1 is 1.41 bits per heavy atom. The topological polar surface area (TPSA) is 92.8 Å². The third-order valence-electron chi connectivity index (χ3n) is 4.41. The number of nitrogens with zero attached hydrogens (tertiary/aromatic N) is 2. The highest BCUT2D eigenvalue weighted by molar-refractivity contribution is 7.13. The van der Waals surface area contributed by atoms with Crippen molar-refractivity contribution < 1.29 is 23.5 Å². The molecule has 0 aliphatic carbocycles. The zero-order chi connectivity index (χ0) is 20.8. The summed E-state index contributed by atoms with van der Waals surface area (Å²) in [6.45, 7) is 0.502. The molecule has 3 amide bonds. The van der Waals surface area contributed by atoms with Crippen molar-refractivity contribution in [2.75, 3.05) is 19.5 Å². The lowest BCUT2D eigenvalue weighted by Gasteiger charge is -2.20. The summed E-state index contributed by atoms with van der Waals surface area (Å²) in [6, 6.07) is 5.57. The predicted molar refractivity (Wildman–Crippen MR) is 106 cm³/mol. The minimum absolute atomic E-state index is 0.125. The molecular formula is C19H23FN4O4S. The minimum atomic E-state index is -0.505. The number of benzene rings is 1. The van der Waals surface area contributed by atoms with Crippen LogP contribution in [0.3, 0.4) is 0 Å². The van der Waals surface area contributed by atoms with Crippen LogP contribution in [0.25, 0.3) is 0 Å². The molecule has 8 nitrogen and oxygen atoms in total. The van der Waals surface area contributed by atoms with E-state index in [0.717, 1.165) is 0 Å². The number of thiazole rings is 1. The van der Waals surface area contributed by atoms with Gasteiger partial charge in [-0.1, -0.05) is 12.1 Å². The normalized spacial score (nSPS) is 18.4. The molecular weight excluding hydrogens is 399 g/mol. The molecule has 156 valence electrons. The van der Waals surface area contributed by atoms with Gasteiger partial charge in [0.2, 0.25) is 0 Å². The first-order valence-corrected chi connectivity index (χ1v) is 9.99. The summed E-state index contributed by atoms with van der Waals surface area (Å²) in [5.74, 6) is -0.478. The molecule has 2 unspecified atom stereocenters. The molecule has 1 aliphatic rings. The molecule has 0 bridgehead atoms. The van der Waals surface area contributed by atoms with Gasteiger partial charge in [-0.3, -0.25) is 10.1 Å². The van der Waals surface area contributed by atoms with E-state index in [1.165, 1.54) is 23.5 Å². The summed E-state index contributed by atoms with van der Waals surface area (Å²) in [7, 11) is 3.24. The Bertz CT molecular complexity index is 862. The maximum Gasteiger partial charge on any atom is 0.321 e. The molecule has 1 aromatic carbocycles. The fourth-order valence-corrected chi connectivity index (χ4v) is 3.63. The maximum absolute atomic E-state index is 13.2. The van der Waals surface area contributed by atoms with Gasteiger partial charge in [0, 0.05) is 32.5 Å². The minimum Gasteiger partial charge on any atom is -0.356 e. The van der Waals surface area contributed by atoms with Gasteiger partial charge in [0.05, 0.1) is 12.2 Å². The van der Waals surface area contributed by atoms with E-state index in [4.69, 9.17) is 9.47 Å². The number of likely N-dealkylation sites (N-methyl/N-ethyl adjacent to an activating group) is 1. The van der Waals surface area contributed by atoms with Gasteiger partial charge in [0.1, 0.15) is 11.9 Å². The highest BCUT2D eigenvalue weighted by atomic mass is 32.1. The molecule has 0 radical (unpaired) electrons. The van der Waals surface area contributed by atoms with Crippen molar-refractivity contribution in [1.29, 1.82) is 0 Å². The van der Waals surface area contributed by atoms with E-state index < -0.39 is 12.1 Å². The summed E-state index contributed by atoms with van der Waals surface area (Å²) in [6.07, 6.45) is 0.473. The van der Waals surface area contributed by atoms with Crippen molar-refractivity contribution in [2.24, 2.45) is 0 Å². The molecule has 1 fully saturated rings. The Kier molecular flexibility index (Phi) is 7.13. The van der Waals surface area contributed by atoms with Gasteiger partial charge >= 0.3 is 6.03 Å². The number of nitrogens with one attached hydrogen (secondary N) is 2. The van der Waals surface area contributed by atoms with E-state index in [1.807, 2.05) is 0 Å². The van der Waals surface area contributed by atoms with Crippen LogP contribution >= 0.6 is 11.3 Å². The fraction of sp³-hybridized carbons (Fsp3) is 0.421. The van der Waals surface area contributed by atoms with Crippen molar-refractivity contribution in [2.45, 2.75) is 38.3 Å². The molecule has 1 aliphatic heterocycles. The van der Waals surface area contributed by atoms with Gasteiger partial charge in [0.25, 0.3) is 5.91 Å². The van der Waals surface area contributed by atoms with Gasteiger partial charge in [0.15, 0.2) is 11.4 Å². The van der Waals surface area contributed by atoms with Gasteiger partial charge < -0.3 is 19.7 Å². The van der Waals surface area contributed by atoms with Crippen molar-refractivity contribution in [3.63, 3.8) is 0 Å². The summed E-state index contributed by atoms with van der Waals surface area (Å²) in [4.78, 5) is 30.3. The number of amides is 3. The third kappa shape index (κ3) is 5.96. The highest BCUT2D eigenvalue weighted by Crippen LogP contribution is 2.22. The van der Waals surface area contributed by atoms with Gasteiger partial charge in [-0.2, -0.15) is 0 Å². The van der Waals surface area contributed by atoms with E-state index in [2.05, 4.69) is 15.6 Å². The second-order valence-corrected chi connectivity index (χ2v) is 7.50. The molecule has 2 heterocycles. The lowest BCUT2D eigenvalue weighted by molar-refractivity contribution is -0.156. The number of urea groups is 1. The van der Waals surface area contributed by atoms with Crippen molar-refractivity contribution in [3.8, 4) is 0 Å². The highest BCUT2D eigenvalue weighted by Gasteiger charge is 2.32. The number of hydrogen-bond donors (Lipinski definition) is 2. The molecule has 2 N–H and O–H groups in total. The van der Waals surface area contributed by atoms with Crippen LogP contribution in [-0.2, 0) is 27.4 Å². The summed E-state index contributed by atoms with van der Waals surface area (Å²) >= 11 is 1.26. The van der Waals surface area contributed by atoms with Crippen LogP contribution in [0, 0.1) is 5.82 Å². The summed E-state index contributed by atoms with van der Waals surface area (Å²) in [5, 5.41) is 7.47. The number of anilines is 1.